The van der Waals surface area contributed by atoms with Gasteiger partial charge in [0.1, 0.15) is 5.76 Å². The summed E-state index contributed by atoms with van der Waals surface area (Å²) in [6, 6.07) is 13.9. The van der Waals surface area contributed by atoms with Crippen LogP contribution in [0, 0.1) is 11.8 Å². The van der Waals surface area contributed by atoms with E-state index in [-0.39, 0.29) is 24.3 Å². The van der Waals surface area contributed by atoms with Gasteiger partial charge in [-0.1, -0.05) is 57.0 Å². The van der Waals surface area contributed by atoms with E-state index in [0.717, 1.165) is 37.9 Å². The summed E-state index contributed by atoms with van der Waals surface area (Å²) in [6.45, 7) is 5.96. The molecule has 2 amide bonds. The highest BCUT2D eigenvalue weighted by atomic mass is 16.3. The Morgan fingerprint density at radius 2 is 1.77 bits per heavy atom. The summed E-state index contributed by atoms with van der Waals surface area (Å²) in [4.78, 5) is 30.0. The van der Waals surface area contributed by atoms with E-state index in [1.165, 1.54) is 5.56 Å². The van der Waals surface area contributed by atoms with Crippen LogP contribution in [-0.4, -0.2) is 41.2 Å². The third-order valence-corrected chi connectivity index (χ3v) is 5.72. The standard InChI is InChI=1S/C25H34N2O3/c1-20(2)17-27(25(29)22-11-6-7-12-22)19-24(28)26(18-23-13-8-16-30-23)15-14-21-9-4-3-5-10-21/h3-5,8-10,13,16,20,22H,6-7,11-12,14-15,17-19H2,1-2H3. The molecule has 162 valence electrons. The molecule has 30 heavy (non-hydrogen) atoms. The maximum absolute atomic E-state index is 13.3. The van der Waals surface area contributed by atoms with Crippen LogP contribution >= 0.6 is 0 Å². The van der Waals surface area contributed by atoms with E-state index in [2.05, 4.69) is 26.0 Å². The molecule has 0 radical (unpaired) electrons. The van der Waals surface area contributed by atoms with Gasteiger partial charge in [-0.25, -0.2) is 0 Å². The van der Waals surface area contributed by atoms with Gasteiger partial charge in [-0.2, -0.15) is 0 Å². The fourth-order valence-electron chi connectivity index (χ4n) is 4.16. The average molecular weight is 411 g/mol. The first-order valence-corrected chi connectivity index (χ1v) is 11.2. The number of nitrogens with zero attached hydrogens (tertiary/aromatic N) is 2. The summed E-state index contributed by atoms with van der Waals surface area (Å²) in [6.07, 6.45) is 6.53. The Balaban J connectivity index is 1.69. The lowest BCUT2D eigenvalue weighted by Gasteiger charge is -2.30. The Morgan fingerprint density at radius 3 is 2.40 bits per heavy atom. The molecular formula is C25H34N2O3. The van der Waals surface area contributed by atoms with E-state index in [1.54, 1.807) is 11.2 Å². The van der Waals surface area contributed by atoms with Gasteiger partial charge in [0.15, 0.2) is 0 Å². The zero-order valence-corrected chi connectivity index (χ0v) is 18.3. The topological polar surface area (TPSA) is 53.8 Å². The number of rotatable bonds is 10. The number of carbonyl (C=O) groups excluding carboxylic acids is 2. The van der Waals surface area contributed by atoms with E-state index in [9.17, 15) is 9.59 Å². The maximum atomic E-state index is 13.3. The second-order valence-corrected chi connectivity index (χ2v) is 8.72. The van der Waals surface area contributed by atoms with Gasteiger partial charge in [0, 0.05) is 19.0 Å². The highest BCUT2D eigenvalue weighted by Gasteiger charge is 2.30. The Hall–Kier alpha value is -2.56. The van der Waals surface area contributed by atoms with Gasteiger partial charge in [-0.3, -0.25) is 9.59 Å². The van der Waals surface area contributed by atoms with E-state index >= 15 is 0 Å². The minimum atomic E-state index is -0.0191. The van der Waals surface area contributed by atoms with Crippen molar-refractivity contribution in [2.45, 2.75) is 52.5 Å². The second kappa shape index (κ2) is 11.0. The van der Waals surface area contributed by atoms with Crippen LogP contribution in [0.2, 0.25) is 0 Å². The fraction of sp³-hybridized carbons (Fsp3) is 0.520. The predicted molar refractivity (Wildman–Crippen MR) is 118 cm³/mol. The molecule has 1 aliphatic carbocycles. The van der Waals surface area contributed by atoms with E-state index in [0.29, 0.717) is 25.6 Å². The molecule has 1 saturated carbocycles. The summed E-state index contributed by atoms with van der Waals surface area (Å²) in [7, 11) is 0. The van der Waals surface area contributed by atoms with E-state index in [4.69, 9.17) is 4.42 Å². The van der Waals surface area contributed by atoms with Crippen molar-refractivity contribution in [3.63, 3.8) is 0 Å². The number of amides is 2. The van der Waals surface area contributed by atoms with Gasteiger partial charge in [-0.15, -0.1) is 0 Å². The van der Waals surface area contributed by atoms with Crippen LogP contribution in [0.4, 0.5) is 0 Å². The molecule has 5 nitrogen and oxygen atoms in total. The maximum Gasteiger partial charge on any atom is 0.242 e. The van der Waals surface area contributed by atoms with Crippen LogP contribution < -0.4 is 0 Å². The van der Waals surface area contributed by atoms with E-state index in [1.807, 2.05) is 35.2 Å². The Labute approximate surface area is 180 Å². The van der Waals surface area contributed by atoms with Crippen LogP contribution in [0.5, 0.6) is 0 Å². The van der Waals surface area contributed by atoms with Crippen LogP contribution in [-0.2, 0) is 22.6 Å². The van der Waals surface area contributed by atoms with E-state index < -0.39 is 0 Å². The molecule has 2 aromatic rings. The third-order valence-electron chi connectivity index (χ3n) is 5.72. The second-order valence-electron chi connectivity index (χ2n) is 8.72. The smallest absolute Gasteiger partial charge is 0.242 e. The van der Waals surface area contributed by atoms with Gasteiger partial charge in [-0.05, 0) is 42.9 Å². The first-order chi connectivity index (χ1) is 14.5. The lowest BCUT2D eigenvalue weighted by Crippen LogP contribution is -2.46. The highest BCUT2D eigenvalue weighted by Crippen LogP contribution is 2.27. The lowest BCUT2D eigenvalue weighted by molar-refractivity contribution is -0.143. The molecule has 0 bridgehead atoms. The van der Waals surface area contributed by atoms with Crippen LogP contribution in [0.25, 0.3) is 0 Å². The van der Waals surface area contributed by atoms with Crippen molar-refractivity contribution >= 4 is 11.8 Å². The highest BCUT2D eigenvalue weighted by molar-refractivity contribution is 5.86. The van der Waals surface area contributed by atoms with Crippen LogP contribution in [0.1, 0.15) is 50.9 Å². The van der Waals surface area contributed by atoms with Crippen molar-refractivity contribution in [2.24, 2.45) is 11.8 Å². The number of furan rings is 1. The summed E-state index contributed by atoms with van der Waals surface area (Å²) in [5.74, 6) is 1.30. The average Bonchev–Trinajstić information content (AvgIpc) is 3.44. The predicted octanol–water partition coefficient (Wildman–Crippen LogP) is 4.53. The van der Waals surface area contributed by atoms with Gasteiger partial charge >= 0.3 is 0 Å². The molecule has 0 saturated heterocycles. The molecule has 1 aromatic heterocycles. The molecule has 5 heteroatoms. The quantitative estimate of drug-likeness (QED) is 0.578. The first kappa shape index (κ1) is 22.1. The van der Waals surface area contributed by atoms with Crippen LogP contribution in [0.3, 0.4) is 0 Å². The molecule has 1 fully saturated rings. The molecule has 0 unspecified atom stereocenters. The van der Waals surface area contributed by atoms with Gasteiger partial charge in [0.2, 0.25) is 11.8 Å². The van der Waals surface area contributed by atoms with Gasteiger partial charge in [0.25, 0.3) is 0 Å². The molecule has 1 heterocycles. The normalized spacial score (nSPS) is 14.2. The third kappa shape index (κ3) is 6.48. The molecular weight excluding hydrogens is 376 g/mol. The lowest BCUT2D eigenvalue weighted by atomic mass is 10.1. The molecule has 1 aromatic carbocycles. The molecule has 1 aliphatic rings. The van der Waals surface area contributed by atoms with Gasteiger partial charge in [0.05, 0.1) is 19.4 Å². The Morgan fingerprint density at radius 1 is 1.03 bits per heavy atom. The number of hydrogen-bond donors (Lipinski definition) is 0. The van der Waals surface area contributed by atoms with Crippen molar-refractivity contribution in [2.75, 3.05) is 19.6 Å². The van der Waals surface area contributed by atoms with Crippen molar-refractivity contribution in [3.05, 3.63) is 60.1 Å². The van der Waals surface area contributed by atoms with Crippen molar-refractivity contribution < 1.29 is 14.0 Å². The molecule has 0 aliphatic heterocycles. The SMILES string of the molecule is CC(C)CN(CC(=O)N(CCc1ccccc1)Cc1ccco1)C(=O)C1CCCC1. The number of carbonyl (C=O) groups is 2. The molecule has 0 spiro atoms. The van der Waals surface area contributed by atoms with Crippen molar-refractivity contribution in [1.82, 2.24) is 9.80 Å². The molecule has 0 N–H and O–H groups in total. The Bertz CT molecular complexity index is 780. The summed E-state index contributed by atoms with van der Waals surface area (Å²) < 4.78 is 5.49. The summed E-state index contributed by atoms with van der Waals surface area (Å²) in [5, 5.41) is 0. The van der Waals surface area contributed by atoms with Gasteiger partial charge < -0.3 is 14.2 Å². The largest absolute Gasteiger partial charge is 0.467 e. The Kier molecular flexibility index (Phi) is 8.12. The number of benzene rings is 1. The van der Waals surface area contributed by atoms with Crippen molar-refractivity contribution in [1.29, 1.82) is 0 Å². The van der Waals surface area contributed by atoms with Crippen molar-refractivity contribution in [3.8, 4) is 0 Å². The zero-order chi connectivity index (χ0) is 21.3. The molecule has 0 atom stereocenters. The fourth-order valence-corrected chi connectivity index (χ4v) is 4.16. The summed E-state index contributed by atoms with van der Waals surface area (Å²) >= 11 is 0. The first-order valence-electron chi connectivity index (χ1n) is 11.2. The minimum Gasteiger partial charge on any atom is -0.467 e. The summed E-state index contributed by atoms with van der Waals surface area (Å²) in [5.41, 5.74) is 1.19. The molecule has 3 rings (SSSR count). The monoisotopic (exact) mass is 410 g/mol. The van der Waals surface area contributed by atoms with Crippen LogP contribution in [0.15, 0.2) is 53.1 Å². The zero-order valence-electron chi connectivity index (χ0n) is 18.3. The minimum absolute atomic E-state index is 0.0191. The number of hydrogen-bond acceptors (Lipinski definition) is 3.